The Morgan fingerprint density at radius 3 is 2.33 bits per heavy atom. The summed E-state index contributed by atoms with van der Waals surface area (Å²) < 4.78 is 5.64. The molecule has 3 aromatic carbocycles. The first-order chi connectivity index (χ1) is 15.8. The summed E-state index contributed by atoms with van der Waals surface area (Å²) in [6.07, 6.45) is 1.29. The number of nitro groups is 2. The van der Waals surface area contributed by atoms with Crippen molar-refractivity contribution in [2.45, 2.75) is 6.92 Å². The number of nitriles is 1. The van der Waals surface area contributed by atoms with E-state index in [1.165, 1.54) is 12.1 Å². The van der Waals surface area contributed by atoms with Gasteiger partial charge in [-0.3, -0.25) is 25.0 Å². The second-order valence-corrected chi connectivity index (χ2v) is 6.80. The number of ether oxygens (including phenoxy) is 1. The summed E-state index contributed by atoms with van der Waals surface area (Å²) in [6, 6.07) is 18.1. The molecule has 3 aromatic rings. The van der Waals surface area contributed by atoms with Gasteiger partial charge in [-0.2, -0.15) is 5.26 Å². The summed E-state index contributed by atoms with van der Waals surface area (Å²) in [7, 11) is 0. The number of carbonyl (C=O) groups is 1. The van der Waals surface area contributed by atoms with Crippen molar-refractivity contribution in [1.29, 1.82) is 5.26 Å². The summed E-state index contributed by atoms with van der Waals surface area (Å²) in [5.41, 5.74) is 0.557. The minimum absolute atomic E-state index is 0.116. The van der Waals surface area contributed by atoms with Crippen LogP contribution in [0.1, 0.15) is 11.1 Å². The molecule has 0 bridgehead atoms. The molecule has 0 saturated carbocycles. The molecular weight excluding hydrogens is 428 g/mol. The molecule has 0 atom stereocenters. The zero-order valence-electron chi connectivity index (χ0n) is 17.2. The van der Waals surface area contributed by atoms with Crippen molar-refractivity contribution >= 4 is 29.0 Å². The third-order valence-electron chi connectivity index (χ3n) is 4.46. The molecule has 0 heterocycles. The number of amides is 1. The minimum Gasteiger partial charge on any atom is -0.449 e. The van der Waals surface area contributed by atoms with Crippen LogP contribution in [0.15, 0.2) is 72.3 Å². The van der Waals surface area contributed by atoms with Gasteiger partial charge in [-0.05, 0) is 37.3 Å². The second-order valence-electron chi connectivity index (χ2n) is 6.80. The predicted octanol–water partition coefficient (Wildman–Crippen LogP) is 5.15. The summed E-state index contributed by atoms with van der Waals surface area (Å²) in [5, 5.41) is 34.4. The molecule has 10 heteroatoms. The van der Waals surface area contributed by atoms with E-state index < -0.39 is 27.1 Å². The van der Waals surface area contributed by atoms with E-state index in [1.54, 1.807) is 30.3 Å². The highest BCUT2D eigenvalue weighted by Crippen LogP contribution is 2.36. The fourth-order valence-corrected chi connectivity index (χ4v) is 2.80. The molecule has 0 spiro atoms. The maximum atomic E-state index is 12.6. The van der Waals surface area contributed by atoms with Crippen LogP contribution < -0.4 is 10.1 Å². The molecular formula is C23H16N4O6. The molecule has 1 amide bonds. The molecule has 33 heavy (non-hydrogen) atoms. The first-order valence-electron chi connectivity index (χ1n) is 9.48. The van der Waals surface area contributed by atoms with E-state index in [2.05, 4.69) is 5.32 Å². The fourth-order valence-electron chi connectivity index (χ4n) is 2.80. The molecule has 0 aromatic heterocycles. The number of carbonyl (C=O) groups excluding carboxylic acids is 1. The maximum Gasteiger partial charge on any atom is 0.318 e. The number of hydrogen-bond donors (Lipinski definition) is 1. The summed E-state index contributed by atoms with van der Waals surface area (Å²) >= 11 is 0. The average molecular weight is 444 g/mol. The number of anilines is 1. The predicted molar refractivity (Wildman–Crippen MR) is 120 cm³/mol. The zero-order chi connectivity index (χ0) is 24.0. The van der Waals surface area contributed by atoms with Crippen molar-refractivity contribution in [2.24, 2.45) is 0 Å². The smallest absolute Gasteiger partial charge is 0.318 e. The molecule has 0 unspecified atom stereocenters. The van der Waals surface area contributed by atoms with Gasteiger partial charge in [0.05, 0.1) is 15.9 Å². The lowest BCUT2D eigenvalue weighted by Crippen LogP contribution is -2.13. The summed E-state index contributed by atoms with van der Waals surface area (Å²) in [5.74, 6) is -0.753. The van der Waals surface area contributed by atoms with Gasteiger partial charge in [0.2, 0.25) is 5.75 Å². The molecule has 3 rings (SSSR count). The standard InChI is InChI=1S/C23H16N4O6/c1-15-6-8-18(9-7-15)25-23(28)17(14-24)12-16-4-2-3-5-21(16)33-22-11-10-19(26(29)30)13-20(22)27(31)32/h2-13H,1H3,(H,25,28)/b17-12+. The molecule has 0 aliphatic carbocycles. The maximum absolute atomic E-state index is 12.6. The Bertz CT molecular complexity index is 1310. The number of hydrogen-bond acceptors (Lipinski definition) is 7. The molecule has 10 nitrogen and oxygen atoms in total. The number of benzene rings is 3. The highest BCUT2D eigenvalue weighted by Gasteiger charge is 2.22. The molecule has 1 N–H and O–H groups in total. The Labute approximate surface area is 187 Å². The molecule has 0 aliphatic rings. The Morgan fingerprint density at radius 1 is 1.00 bits per heavy atom. The van der Waals surface area contributed by atoms with Crippen LogP contribution in [0.4, 0.5) is 17.1 Å². The summed E-state index contributed by atoms with van der Waals surface area (Å²) in [4.78, 5) is 33.3. The van der Waals surface area contributed by atoms with Crippen molar-refractivity contribution in [3.05, 3.63) is 104 Å². The van der Waals surface area contributed by atoms with Gasteiger partial charge < -0.3 is 10.1 Å². The molecule has 0 saturated heterocycles. The van der Waals surface area contributed by atoms with Crippen LogP contribution in [-0.2, 0) is 4.79 Å². The lowest BCUT2D eigenvalue weighted by Gasteiger charge is -2.10. The number of aryl methyl sites for hydroxylation is 1. The van der Waals surface area contributed by atoms with E-state index in [4.69, 9.17) is 4.74 Å². The Balaban J connectivity index is 1.92. The lowest BCUT2D eigenvalue weighted by atomic mass is 10.1. The van der Waals surface area contributed by atoms with Crippen LogP contribution in [0, 0.1) is 38.5 Å². The lowest BCUT2D eigenvalue weighted by molar-refractivity contribution is -0.394. The van der Waals surface area contributed by atoms with Gasteiger partial charge in [-0.25, -0.2) is 0 Å². The van der Waals surface area contributed by atoms with Crippen molar-refractivity contribution in [1.82, 2.24) is 0 Å². The van der Waals surface area contributed by atoms with Gasteiger partial charge in [0.15, 0.2) is 0 Å². The monoisotopic (exact) mass is 444 g/mol. The Hall–Kier alpha value is -5.04. The first-order valence-corrected chi connectivity index (χ1v) is 9.48. The van der Waals surface area contributed by atoms with Gasteiger partial charge in [0.25, 0.3) is 11.6 Å². The SMILES string of the molecule is Cc1ccc(NC(=O)/C(C#N)=C/c2ccccc2Oc2ccc([N+](=O)[O-])cc2[N+](=O)[O-])cc1. The molecule has 0 aliphatic heterocycles. The zero-order valence-corrected chi connectivity index (χ0v) is 17.2. The molecule has 0 radical (unpaired) electrons. The van der Waals surface area contributed by atoms with Crippen LogP contribution in [0.5, 0.6) is 11.5 Å². The van der Waals surface area contributed by atoms with E-state index in [1.807, 2.05) is 25.1 Å². The Kier molecular flexibility index (Phi) is 6.75. The van der Waals surface area contributed by atoms with E-state index in [9.17, 15) is 30.3 Å². The number of non-ortho nitro benzene ring substituents is 1. The van der Waals surface area contributed by atoms with Crippen molar-refractivity contribution in [3.8, 4) is 17.6 Å². The quantitative estimate of drug-likeness (QED) is 0.229. The van der Waals surface area contributed by atoms with Gasteiger partial charge in [-0.15, -0.1) is 0 Å². The van der Waals surface area contributed by atoms with Crippen molar-refractivity contribution in [3.63, 3.8) is 0 Å². The number of para-hydroxylation sites is 1. The van der Waals surface area contributed by atoms with Crippen LogP contribution in [0.3, 0.4) is 0 Å². The largest absolute Gasteiger partial charge is 0.449 e. The highest BCUT2D eigenvalue weighted by atomic mass is 16.6. The fraction of sp³-hybridized carbons (Fsp3) is 0.0435. The third-order valence-corrected chi connectivity index (χ3v) is 4.46. The van der Waals surface area contributed by atoms with E-state index in [0.29, 0.717) is 11.3 Å². The number of nitrogens with zero attached hydrogens (tertiary/aromatic N) is 3. The minimum atomic E-state index is -0.795. The van der Waals surface area contributed by atoms with Crippen LogP contribution in [-0.4, -0.2) is 15.8 Å². The average Bonchev–Trinajstić information content (AvgIpc) is 2.79. The Morgan fingerprint density at radius 2 is 1.70 bits per heavy atom. The van der Waals surface area contributed by atoms with Crippen LogP contribution >= 0.6 is 0 Å². The van der Waals surface area contributed by atoms with Gasteiger partial charge in [0, 0.05) is 17.3 Å². The highest BCUT2D eigenvalue weighted by molar-refractivity contribution is 6.09. The summed E-state index contributed by atoms with van der Waals surface area (Å²) in [6.45, 7) is 1.90. The first kappa shape index (κ1) is 22.6. The normalized spacial score (nSPS) is 10.7. The molecule has 164 valence electrons. The van der Waals surface area contributed by atoms with Gasteiger partial charge >= 0.3 is 5.69 Å². The second kappa shape index (κ2) is 9.84. The van der Waals surface area contributed by atoms with Gasteiger partial charge in [0.1, 0.15) is 17.4 Å². The third kappa shape index (κ3) is 5.56. The van der Waals surface area contributed by atoms with Crippen LogP contribution in [0.25, 0.3) is 6.08 Å². The van der Waals surface area contributed by atoms with Crippen molar-refractivity contribution < 1.29 is 19.4 Å². The van der Waals surface area contributed by atoms with E-state index >= 15 is 0 Å². The van der Waals surface area contributed by atoms with E-state index in [-0.39, 0.29) is 17.1 Å². The van der Waals surface area contributed by atoms with Crippen molar-refractivity contribution in [2.75, 3.05) is 5.32 Å². The number of rotatable bonds is 7. The van der Waals surface area contributed by atoms with Crippen LogP contribution in [0.2, 0.25) is 0 Å². The topological polar surface area (TPSA) is 148 Å². The van der Waals surface area contributed by atoms with Gasteiger partial charge in [-0.1, -0.05) is 35.9 Å². The molecule has 0 fully saturated rings. The van der Waals surface area contributed by atoms with E-state index in [0.717, 1.165) is 23.8 Å². The number of nitrogens with one attached hydrogen (secondary N) is 1. The number of nitro benzene ring substituents is 2.